The van der Waals surface area contributed by atoms with Crippen molar-refractivity contribution in [1.29, 1.82) is 0 Å². The minimum absolute atomic E-state index is 0.0444. The largest absolute Gasteiger partial charge is 0.872 e. The lowest BCUT2D eigenvalue weighted by molar-refractivity contribution is -0.385. The van der Waals surface area contributed by atoms with Gasteiger partial charge < -0.3 is 15.7 Å². The SMILES string of the molecule is O=C(CNC(=O)c1ccccc1F)NCc1cc([N+](=O)[O-])ccc1[O-]. The van der Waals surface area contributed by atoms with Crippen molar-refractivity contribution in [2.24, 2.45) is 0 Å². The van der Waals surface area contributed by atoms with E-state index < -0.39 is 34.8 Å². The maximum atomic E-state index is 13.4. The number of nitro groups is 1. The fraction of sp³-hybridized carbons (Fsp3) is 0.125. The molecule has 0 saturated heterocycles. The summed E-state index contributed by atoms with van der Waals surface area (Å²) in [6, 6.07) is 8.49. The van der Waals surface area contributed by atoms with E-state index in [9.17, 15) is 29.2 Å². The molecule has 0 heterocycles. The van der Waals surface area contributed by atoms with Crippen LogP contribution in [0.1, 0.15) is 15.9 Å². The Hall–Kier alpha value is -3.49. The van der Waals surface area contributed by atoms with Crippen LogP contribution in [0, 0.1) is 15.9 Å². The first-order chi connectivity index (χ1) is 11.9. The Labute approximate surface area is 141 Å². The summed E-state index contributed by atoms with van der Waals surface area (Å²) >= 11 is 0. The van der Waals surface area contributed by atoms with E-state index in [1.807, 2.05) is 0 Å². The number of hydrogen-bond donors (Lipinski definition) is 2. The molecule has 8 nitrogen and oxygen atoms in total. The fourth-order valence-electron chi connectivity index (χ4n) is 1.98. The molecule has 0 bridgehead atoms. The Kier molecular flexibility index (Phi) is 5.62. The van der Waals surface area contributed by atoms with Crippen molar-refractivity contribution in [3.05, 3.63) is 69.5 Å². The van der Waals surface area contributed by atoms with Crippen LogP contribution in [0.2, 0.25) is 0 Å². The van der Waals surface area contributed by atoms with Gasteiger partial charge in [-0.25, -0.2) is 4.39 Å². The van der Waals surface area contributed by atoms with Gasteiger partial charge in [-0.1, -0.05) is 18.2 Å². The second kappa shape index (κ2) is 7.86. The minimum atomic E-state index is -0.756. The van der Waals surface area contributed by atoms with E-state index in [4.69, 9.17) is 0 Å². The number of hydrogen-bond acceptors (Lipinski definition) is 5. The average Bonchev–Trinajstić information content (AvgIpc) is 2.59. The van der Waals surface area contributed by atoms with Gasteiger partial charge in [-0.2, -0.15) is 0 Å². The molecule has 130 valence electrons. The Morgan fingerprint density at radius 2 is 1.84 bits per heavy atom. The minimum Gasteiger partial charge on any atom is -0.872 e. The van der Waals surface area contributed by atoms with Crippen LogP contribution >= 0.6 is 0 Å². The van der Waals surface area contributed by atoms with E-state index in [1.54, 1.807) is 0 Å². The van der Waals surface area contributed by atoms with Crippen LogP contribution in [0.4, 0.5) is 10.1 Å². The summed E-state index contributed by atoms with van der Waals surface area (Å²) in [5, 5.41) is 26.9. The predicted octanol–water partition coefficient (Wildman–Crippen LogP) is 0.854. The molecule has 0 fully saturated rings. The molecule has 0 aromatic heterocycles. The zero-order chi connectivity index (χ0) is 18.4. The molecular weight excluding hydrogens is 333 g/mol. The van der Waals surface area contributed by atoms with E-state index in [0.717, 1.165) is 24.3 Å². The number of carbonyl (C=O) groups excluding carboxylic acids is 2. The molecule has 2 amide bonds. The fourth-order valence-corrected chi connectivity index (χ4v) is 1.98. The van der Waals surface area contributed by atoms with Gasteiger partial charge in [0, 0.05) is 18.7 Å². The maximum absolute atomic E-state index is 13.4. The summed E-state index contributed by atoms with van der Waals surface area (Å²) in [6.07, 6.45) is 0. The molecule has 0 unspecified atom stereocenters. The summed E-state index contributed by atoms with van der Waals surface area (Å²) < 4.78 is 13.4. The number of nitro benzene ring substituents is 1. The number of amides is 2. The second-order valence-corrected chi connectivity index (χ2v) is 4.99. The number of non-ortho nitro benzene ring substituents is 1. The highest BCUT2D eigenvalue weighted by Crippen LogP contribution is 2.20. The molecule has 0 aliphatic rings. The van der Waals surface area contributed by atoms with Crippen molar-refractivity contribution < 1.29 is 24.0 Å². The van der Waals surface area contributed by atoms with E-state index in [-0.39, 0.29) is 23.4 Å². The number of nitrogens with zero attached hydrogens (tertiary/aromatic N) is 1. The van der Waals surface area contributed by atoms with Crippen molar-refractivity contribution in [2.45, 2.75) is 6.54 Å². The molecule has 0 aliphatic heterocycles. The van der Waals surface area contributed by atoms with Crippen LogP contribution in [0.25, 0.3) is 0 Å². The van der Waals surface area contributed by atoms with Gasteiger partial charge in [-0.15, -0.1) is 5.75 Å². The summed E-state index contributed by atoms with van der Waals surface area (Å²) in [5.41, 5.74) is -0.421. The van der Waals surface area contributed by atoms with Gasteiger partial charge in [0.25, 0.3) is 11.6 Å². The van der Waals surface area contributed by atoms with Gasteiger partial charge in [-0.3, -0.25) is 19.7 Å². The van der Waals surface area contributed by atoms with Gasteiger partial charge in [-0.05, 0) is 17.7 Å². The quantitative estimate of drug-likeness (QED) is 0.593. The Morgan fingerprint density at radius 3 is 2.52 bits per heavy atom. The third kappa shape index (κ3) is 4.74. The van der Waals surface area contributed by atoms with E-state index in [0.29, 0.717) is 0 Å². The molecule has 0 aliphatic carbocycles. The molecule has 25 heavy (non-hydrogen) atoms. The third-order valence-electron chi connectivity index (χ3n) is 3.26. The van der Waals surface area contributed by atoms with Crippen LogP contribution in [-0.2, 0) is 11.3 Å². The average molecular weight is 346 g/mol. The predicted molar refractivity (Wildman–Crippen MR) is 83.1 cm³/mol. The molecule has 0 saturated carbocycles. The molecule has 0 atom stereocenters. The van der Waals surface area contributed by atoms with E-state index in [1.165, 1.54) is 18.2 Å². The molecule has 2 rings (SSSR count). The summed E-state index contributed by atoms with van der Waals surface area (Å²) in [5.74, 6) is -2.56. The van der Waals surface area contributed by atoms with Crippen molar-refractivity contribution in [3.8, 4) is 5.75 Å². The second-order valence-electron chi connectivity index (χ2n) is 4.99. The monoisotopic (exact) mass is 346 g/mol. The van der Waals surface area contributed by atoms with E-state index in [2.05, 4.69) is 10.6 Å². The van der Waals surface area contributed by atoms with Crippen LogP contribution in [0.3, 0.4) is 0 Å². The van der Waals surface area contributed by atoms with Crippen LogP contribution in [-0.4, -0.2) is 23.3 Å². The lowest BCUT2D eigenvalue weighted by Crippen LogP contribution is -2.37. The van der Waals surface area contributed by atoms with Crippen molar-refractivity contribution in [1.82, 2.24) is 10.6 Å². The first kappa shape index (κ1) is 17.9. The molecule has 0 radical (unpaired) electrons. The zero-order valence-electron chi connectivity index (χ0n) is 12.8. The first-order valence-electron chi connectivity index (χ1n) is 7.12. The molecular formula is C16H13FN3O5-. The summed E-state index contributed by atoms with van der Waals surface area (Å²) in [7, 11) is 0. The highest BCUT2D eigenvalue weighted by atomic mass is 19.1. The maximum Gasteiger partial charge on any atom is 0.269 e. The van der Waals surface area contributed by atoms with Gasteiger partial charge in [0.05, 0.1) is 17.0 Å². The number of rotatable bonds is 6. The number of benzene rings is 2. The molecule has 0 spiro atoms. The lowest BCUT2D eigenvalue weighted by atomic mass is 10.1. The highest BCUT2D eigenvalue weighted by Gasteiger charge is 2.12. The first-order valence-corrected chi connectivity index (χ1v) is 7.12. The van der Waals surface area contributed by atoms with Crippen molar-refractivity contribution in [3.63, 3.8) is 0 Å². The van der Waals surface area contributed by atoms with Gasteiger partial charge in [0.15, 0.2) is 0 Å². The van der Waals surface area contributed by atoms with Crippen molar-refractivity contribution >= 4 is 17.5 Å². The van der Waals surface area contributed by atoms with Crippen molar-refractivity contribution in [2.75, 3.05) is 6.54 Å². The molecule has 2 N–H and O–H groups in total. The Bertz CT molecular complexity index is 825. The smallest absolute Gasteiger partial charge is 0.269 e. The van der Waals surface area contributed by atoms with Gasteiger partial charge in [0.1, 0.15) is 5.82 Å². The Balaban J connectivity index is 1.89. The zero-order valence-corrected chi connectivity index (χ0v) is 12.8. The molecule has 2 aromatic rings. The number of nitrogens with one attached hydrogen (secondary N) is 2. The highest BCUT2D eigenvalue weighted by molar-refractivity contribution is 5.96. The summed E-state index contributed by atoms with van der Waals surface area (Å²) in [4.78, 5) is 33.5. The van der Waals surface area contributed by atoms with Gasteiger partial charge in [0.2, 0.25) is 5.91 Å². The van der Waals surface area contributed by atoms with Crippen LogP contribution in [0.5, 0.6) is 5.75 Å². The topological polar surface area (TPSA) is 124 Å². The number of halogens is 1. The third-order valence-corrected chi connectivity index (χ3v) is 3.26. The van der Waals surface area contributed by atoms with E-state index >= 15 is 0 Å². The molecule has 2 aromatic carbocycles. The summed E-state index contributed by atoms with van der Waals surface area (Å²) in [6.45, 7) is -0.662. The molecule has 9 heteroatoms. The Morgan fingerprint density at radius 1 is 1.12 bits per heavy atom. The van der Waals surface area contributed by atoms with Crippen LogP contribution in [0.15, 0.2) is 42.5 Å². The lowest BCUT2D eigenvalue weighted by Gasteiger charge is -2.14. The number of carbonyl (C=O) groups is 2. The van der Waals surface area contributed by atoms with Gasteiger partial charge >= 0.3 is 0 Å². The van der Waals surface area contributed by atoms with Crippen LogP contribution < -0.4 is 15.7 Å². The normalized spacial score (nSPS) is 10.1. The standard InChI is InChI=1S/C16H14FN3O5/c17-13-4-2-1-3-12(13)16(23)19-9-15(22)18-8-10-7-11(20(24)25)5-6-14(10)21/h1-7,21H,8-9H2,(H,18,22)(H,19,23)/p-1.